The Kier molecular flexibility index (Phi) is 7.02. The number of sulfonamides is 1. The molecule has 1 aliphatic rings. The van der Waals surface area contributed by atoms with Crippen LogP contribution < -0.4 is 0 Å². The van der Waals surface area contributed by atoms with Crippen LogP contribution in [0.15, 0.2) is 30.3 Å². The quantitative estimate of drug-likeness (QED) is 0.741. The maximum atomic E-state index is 12.2. The molecule has 1 saturated heterocycles. The highest BCUT2D eigenvalue weighted by molar-refractivity contribution is 7.88. The molecule has 0 aliphatic carbocycles. The van der Waals surface area contributed by atoms with E-state index in [-0.39, 0.29) is 17.6 Å². The van der Waals surface area contributed by atoms with Gasteiger partial charge in [0, 0.05) is 12.6 Å². The third-order valence-electron chi connectivity index (χ3n) is 4.35. The first-order valence-corrected chi connectivity index (χ1v) is 10.7. The molecule has 25 heavy (non-hydrogen) atoms. The summed E-state index contributed by atoms with van der Waals surface area (Å²) < 4.78 is 37.7. The zero-order chi connectivity index (χ0) is 18.5. The average Bonchev–Trinajstić information content (AvgIpc) is 2.53. The van der Waals surface area contributed by atoms with Crippen LogP contribution in [0.2, 0.25) is 0 Å². The molecule has 2 unspecified atom stereocenters. The third kappa shape index (κ3) is 7.05. The van der Waals surface area contributed by atoms with Crippen molar-refractivity contribution in [3.05, 3.63) is 35.9 Å². The molecule has 1 fully saturated rings. The molecule has 0 saturated carbocycles. The summed E-state index contributed by atoms with van der Waals surface area (Å²) in [5.41, 5.74) is 0.895. The molecule has 6 heteroatoms. The second-order valence-electron chi connectivity index (χ2n) is 7.85. The smallest absolute Gasteiger partial charge is 0.211 e. The lowest BCUT2D eigenvalue weighted by atomic mass is 9.95. The minimum absolute atomic E-state index is 0.0930. The Morgan fingerprint density at radius 1 is 1.12 bits per heavy atom. The number of ether oxygens (including phenoxy) is 2. The van der Waals surface area contributed by atoms with Crippen LogP contribution in [0.25, 0.3) is 0 Å². The standard InChI is InChI=1S/C19H31NO4S/c1-19(2,3)24-14-17-10-11-18(20(12-17)25(4,21)22)15-23-13-16-8-6-5-7-9-16/h5-9,17-18H,10-15H2,1-4H3. The summed E-state index contributed by atoms with van der Waals surface area (Å²) in [6.45, 7) is 8.08. The molecule has 0 radical (unpaired) electrons. The molecule has 0 bridgehead atoms. The van der Waals surface area contributed by atoms with Gasteiger partial charge < -0.3 is 9.47 Å². The number of hydrogen-bond donors (Lipinski definition) is 0. The highest BCUT2D eigenvalue weighted by Gasteiger charge is 2.34. The molecule has 0 N–H and O–H groups in total. The van der Waals surface area contributed by atoms with Gasteiger partial charge in [-0.3, -0.25) is 0 Å². The normalized spacial score (nSPS) is 22.9. The summed E-state index contributed by atoms with van der Waals surface area (Å²) in [5.74, 6) is 0.235. The van der Waals surface area contributed by atoms with Crippen molar-refractivity contribution in [1.82, 2.24) is 4.31 Å². The van der Waals surface area contributed by atoms with E-state index in [0.29, 0.717) is 26.4 Å². The molecular formula is C19H31NO4S. The Balaban J connectivity index is 1.90. The number of piperidine rings is 1. The van der Waals surface area contributed by atoms with Crippen LogP contribution in [0.1, 0.15) is 39.2 Å². The zero-order valence-corrected chi connectivity index (χ0v) is 16.6. The third-order valence-corrected chi connectivity index (χ3v) is 5.65. The Labute approximate surface area is 152 Å². The molecule has 0 amide bonds. The molecule has 0 aromatic heterocycles. The van der Waals surface area contributed by atoms with E-state index < -0.39 is 10.0 Å². The van der Waals surface area contributed by atoms with E-state index in [2.05, 4.69) is 0 Å². The lowest BCUT2D eigenvalue weighted by molar-refractivity contribution is -0.0375. The molecule has 1 heterocycles. The number of rotatable bonds is 7. The fourth-order valence-corrected chi connectivity index (χ4v) is 4.22. The first-order chi connectivity index (χ1) is 11.6. The SMILES string of the molecule is CC(C)(C)OCC1CCC(COCc2ccccc2)N(S(C)(=O)=O)C1. The van der Waals surface area contributed by atoms with Gasteiger partial charge in [0.15, 0.2) is 0 Å². The Hall–Kier alpha value is -0.950. The van der Waals surface area contributed by atoms with E-state index in [0.717, 1.165) is 18.4 Å². The van der Waals surface area contributed by atoms with Crippen LogP contribution in [-0.4, -0.2) is 50.4 Å². The van der Waals surface area contributed by atoms with Gasteiger partial charge in [-0.25, -0.2) is 8.42 Å². The number of nitrogens with zero attached hydrogens (tertiary/aromatic N) is 1. The van der Waals surface area contributed by atoms with Crippen LogP contribution >= 0.6 is 0 Å². The van der Waals surface area contributed by atoms with Gasteiger partial charge in [-0.2, -0.15) is 4.31 Å². The van der Waals surface area contributed by atoms with Gasteiger partial charge in [0.25, 0.3) is 0 Å². The summed E-state index contributed by atoms with van der Waals surface area (Å²) in [4.78, 5) is 0. The van der Waals surface area contributed by atoms with Gasteiger partial charge in [-0.1, -0.05) is 30.3 Å². The highest BCUT2D eigenvalue weighted by Crippen LogP contribution is 2.26. The predicted octanol–water partition coefficient (Wildman–Crippen LogP) is 3.06. The van der Waals surface area contributed by atoms with E-state index in [1.807, 2.05) is 51.1 Å². The Bertz CT molecular complexity index is 625. The Morgan fingerprint density at radius 2 is 1.80 bits per heavy atom. The fourth-order valence-electron chi connectivity index (χ4n) is 3.03. The monoisotopic (exact) mass is 369 g/mol. The van der Waals surface area contributed by atoms with Crippen LogP contribution in [0.5, 0.6) is 0 Å². The summed E-state index contributed by atoms with van der Waals surface area (Å²) in [7, 11) is -3.26. The van der Waals surface area contributed by atoms with E-state index in [9.17, 15) is 8.42 Å². The van der Waals surface area contributed by atoms with Crippen LogP contribution in [-0.2, 0) is 26.1 Å². The minimum atomic E-state index is -3.26. The van der Waals surface area contributed by atoms with Gasteiger partial charge >= 0.3 is 0 Å². The summed E-state index contributed by atoms with van der Waals surface area (Å²) in [6.07, 6.45) is 3.05. The lowest BCUT2D eigenvalue weighted by Gasteiger charge is -2.38. The van der Waals surface area contributed by atoms with Crippen LogP contribution in [0.3, 0.4) is 0 Å². The molecule has 1 aliphatic heterocycles. The molecule has 142 valence electrons. The first-order valence-electron chi connectivity index (χ1n) is 8.87. The van der Waals surface area contributed by atoms with E-state index in [1.54, 1.807) is 4.31 Å². The molecule has 1 aromatic carbocycles. The number of hydrogen-bond acceptors (Lipinski definition) is 4. The Morgan fingerprint density at radius 3 is 2.40 bits per heavy atom. The van der Waals surface area contributed by atoms with E-state index in [4.69, 9.17) is 9.47 Å². The van der Waals surface area contributed by atoms with Gasteiger partial charge in [0.05, 0.1) is 31.7 Å². The fraction of sp³-hybridized carbons (Fsp3) is 0.684. The summed E-state index contributed by atoms with van der Waals surface area (Å²) in [6, 6.07) is 9.84. The highest BCUT2D eigenvalue weighted by atomic mass is 32.2. The van der Waals surface area contributed by atoms with Crippen LogP contribution in [0, 0.1) is 5.92 Å². The van der Waals surface area contributed by atoms with Crippen LogP contribution in [0.4, 0.5) is 0 Å². The average molecular weight is 370 g/mol. The molecule has 2 atom stereocenters. The molecule has 0 spiro atoms. The minimum Gasteiger partial charge on any atom is -0.376 e. The molecular weight excluding hydrogens is 338 g/mol. The molecule has 1 aromatic rings. The number of benzene rings is 1. The van der Waals surface area contributed by atoms with Crippen molar-refractivity contribution in [2.45, 2.75) is 51.9 Å². The maximum Gasteiger partial charge on any atom is 0.211 e. The lowest BCUT2D eigenvalue weighted by Crippen LogP contribution is -2.49. The maximum absolute atomic E-state index is 12.2. The summed E-state index contributed by atoms with van der Waals surface area (Å²) >= 11 is 0. The van der Waals surface area contributed by atoms with E-state index in [1.165, 1.54) is 6.26 Å². The van der Waals surface area contributed by atoms with Crippen molar-refractivity contribution in [3.8, 4) is 0 Å². The molecule has 5 nitrogen and oxygen atoms in total. The first kappa shape index (κ1) is 20.4. The molecule has 2 rings (SSSR count). The van der Waals surface area contributed by atoms with Gasteiger partial charge in [-0.15, -0.1) is 0 Å². The van der Waals surface area contributed by atoms with Crippen molar-refractivity contribution in [2.75, 3.05) is 26.0 Å². The second kappa shape index (κ2) is 8.62. The summed E-state index contributed by atoms with van der Waals surface area (Å²) in [5, 5.41) is 0. The van der Waals surface area contributed by atoms with Crippen molar-refractivity contribution < 1.29 is 17.9 Å². The van der Waals surface area contributed by atoms with Gasteiger partial charge in [-0.05, 0) is 45.1 Å². The predicted molar refractivity (Wildman–Crippen MR) is 99.9 cm³/mol. The van der Waals surface area contributed by atoms with Crippen molar-refractivity contribution >= 4 is 10.0 Å². The second-order valence-corrected chi connectivity index (χ2v) is 9.79. The largest absolute Gasteiger partial charge is 0.376 e. The zero-order valence-electron chi connectivity index (χ0n) is 15.8. The topological polar surface area (TPSA) is 55.8 Å². The van der Waals surface area contributed by atoms with Crippen molar-refractivity contribution in [1.29, 1.82) is 0 Å². The van der Waals surface area contributed by atoms with Crippen molar-refractivity contribution in [2.24, 2.45) is 5.92 Å². The van der Waals surface area contributed by atoms with Crippen molar-refractivity contribution in [3.63, 3.8) is 0 Å². The van der Waals surface area contributed by atoms with Gasteiger partial charge in [0.1, 0.15) is 0 Å². The van der Waals surface area contributed by atoms with Gasteiger partial charge in [0.2, 0.25) is 10.0 Å². The van der Waals surface area contributed by atoms with E-state index >= 15 is 0 Å².